The van der Waals surface area contributed by atoms with Gasteiger partial charge in [0.2, 0.25) is 0 Å². The SMILES string of the molecule is CCCCCCCCCCCCCCCCCCOC(CC)[C@]1(c2ccc(C(=O)O)cc2)C=CC(CCCCCCC)=CC1. The fourth-order valence-corrected chi connectivity index (χ4v) is 6.88. The van der Waals surface area contributed by atoms with E-state index in [-0.39, 0.29) is 11.5 Å². The van der Waals surface area contributed by atoms with Crippen molar-refractivity contribution in [3.63, 3.8) is 0 Å². The van der Waals surface area contributed by atoms with E-state index >= 15 is 0 Å². The molecular formula is C41H68O3. The zero-order chi connectivity index (χ0) is 31.7. The second-order valence-electron chi connectivity index (χ2n) is 13.5. The van der Waals surface area contributed by atoms with Crippen LogP contribution in [-0.2, 0) is 10.2 Å². The first-order chi connectivity index (χ1) is 21.6. The number of benzene rings is 1. The molecule has 1 aromatic rings. The van der Waals surface area contributed by atoms with Gasteiger partial charge in [0.05, 0.1) is 11.7 Å². The molecule has 0 spiro atoms. The van der Waals surface area contributed by atoms with E-state index in [4.69, 9.17) is 4.74 Å². The zero-order valence-electron chi connectivity index (χ0n) is 29.1. The first-order valence-electron chi connectivity index (χ1n) is 18.9. The minimum Gasteiger partial charge on any atom is -0.478 e. The maximum Gasteiger partial charge on any atom is 0.335 e. The van der Waals surface area contributed by atoms with Gasteiger partial charge < -0.3 is 9.84 Å². The first-order valence-corrected chi connectivity index (χ1v) is 18.9. The second kappa shape index (κ2) is 24.4. The molecule has 2 rings (SSSR count). The van der Waals surface area contributed by atoms with E-state index in [9.17, 15) is 9.90 Å². The highest BCUT2D eigenvalue weighted by molar-refractivity contribution is 5.87. The predicted molar refractivity (Wildman–Crippen MR) is 190 cm³/mol. The van der Waals surface area contributed by atoms with Crippen molar-refractivity contribution < 1.29 is 14.6 Å². The van der Waals surface area contributed by atoms with E-state index in [1.807, 2.05) is 12.1 Å². The number of unbranched alkanes of at least 4 members (excludes halogenated alkanes) is 19. The van der Waals surface area contributed by atoms with Crippen LogP contribution >= 0.6 is 0 Å². The Labute approximate surface area is 272 Å². The number of carbonyl (C=O) groups is 1. The minimum atomic E-state index is -0.873. The third-order valence-corrected chi connectivity index (χ3v) is 9.80. The zero-order valence-corrected chi connectivity index (χ0v) is 29.1. The van der Waals surface area contributed by atoms with Crippen molar-refractivity contribution in [3.8, 4) is 0 Å². The van der Waals surface area contributed by atoms with Crippen LogP contribution in [0.3, 0.4) is 0 Å². The molecule has 0 radical (unpaired) electrons. The Balaban J connectivity index is 1.73. The van der Waals surface area contributed by atoms with Crippen molar-refractivity contribution in [3.05, 3.63) is 59.2 Å². The van der Waals surface area contributed by atoms with E-state index in [1.54, 1.807) is 12.1 Å². The van der Waals surface area contributed by atoms with Crippen LogP contribution < -0.4 is 0 Å². The molecule has 1 aromatic carbocycles. The van der Waals surface area contributed by atoms with Crippen molar-refractivity contribution in [2.75, 3.05) is 6.61 Å². The van der Waals surface area contributed by atoms with Gasteiger partial charge in [0.1, 0.15) is 0 Å². The molecule has 1 aliphatic carbocycles. The Hall–Kier alpha value is -1.87. The number of carboxylic acid groups (broad SMARTS) is 1. The maximum absolute atomic E-state index is 11.5. The number of ether oxygens (including phenoxy) is 1. The molecule has 250 valence electrons. The van der Waals surface area contributed by atoms with Crippen LogP contribution in [0.15, 0.2) is 48.1 Å². The summed E-state index contributed by atoms with van der Waals surface area (Å²) in [5, 5.41) is 9.44. The van der Waals surface area contributed by atoms with E-state index < -0.39 is 5.97 Å². The van der Waals surface area contributed by atoms with Crippen molar-refractivity contribution >= 4 is 5.97 Å². The van der Waals surface area contributed by atoms with E-state index in [2.05, 4.69) is 39.0 Å². The lowest BCUT2D eigenvalue weighted by Gasteiger charge is -2.40. The third kappa shape index (κ3) is 14.9. The van der Waals surface area contributed by atoms with Gasteiger partial charge in [-0.15, -0.1) is 0 Å². The van der Waals surface area contributed by atoms with Gasteiger partial charge in [-0.2, -0.15) is 0 Å². The van der Waals surface area contributed by atoms with E-state index in [1.165, 1.54) is 134 Å². The monoisotopic (exact) mass is 609 g/mol. The standard InChI is InChI=1S/C41H68O3/c1-4-7-9-11-12-13-14-15-16-17-18-19-20-21-23-25-35-44-39(6-3)41(38-29-27-37(28-30-38)40(42)43)33-31-36(32-34-41)26-24-22-10-8-5-2/h27-33,39H,4-26,34-35H2,1-3H3,(H,42,43)/t39?,41-/m1/s1. The number of hydrogen-bond donors (Lipinski definition) is 1. The summed E-state index contributed by atoms with van der Waals surface area (Å²) in [6, 6.07) is 7.53. The molecule has 3 heteroatoms. The van der Waals surface area contributed by atoms with Crippen LogP contribution in [-0.4, -0.2) is 23.8 Å². The summed E-state index contributed by atoms with van der Waals surface area (Å²) in [5.41, 5.74) is 2.70. The van der Waals surface area contributed by atoms with Gasteiger partial charge in [0.15, 0.2) is 0 Å². The summed E-state index contributed by atoms with van der Waals surface area (Å²) in [5.74, 6) is -0.873. The second-order valence-corrected chi connectivity index (χ2v) is 13.5. The van der Waals surface area contributed by atoms with Crippen LogP contribution in [0, 0.1) is 0 Å². The van der Waals surface area contributed by atoms with Gasteiger partial charge in [-0.05, 0) is 49.8 Å². The molecular weight excluding hydrogens is 540 g/mol. The van der Waals surface area contributed by atoms with Crippen LogP contribution in [0.1, 0.15) is 191 Å². The van der Waals surface area contributed by atoms with Gasteiger partial charge in [-0.25, -0.2) is 4.79 Å². The molecule has 1 N–H and O–H groups in total. The van der Waals surface area contributed by atoms with Crippen LogP contribution in [0.5, 0.6) is 0 Å². The van der Waals surface area contributed by atoms with Crippen molar-refractivity contribution in [2.45, 2.75) is 186 Å². The number of hydrogen-bond acceptors (Lipinski definition) is 2. The summed E-state index contributed by atoms with van der Waals surface area (Å²) in [6.45, 7) is 7.58. The highest BCUT2D eigenvalue weighted by Gasteiger charge is 2.38. The fraction of sp³-hybridized carbons (Fsp3) is 0.732. The maximum atomic E-state index is 11.5. The van der Waals surface area contributed by atoms with Gasteiger partial charge in [-0.3, -0.25) is 0 Å². The minimum absolute atomic E-state index is 0.0770. The van der Waals surface area contributed by atoms with Crippen LogP contribution in [0.4, 0.5) is 0 Å². The normalized spacial score (nSPS) is 17.1. The molecule has 0 aromatic heterocycles. The van der Waals surface area contributed by atoms with E-state index in [0.29, 0.717) is 5.56 Å². The van der Waals surface area contributed by atoms with Crippen LogP contribution in [0.2, 0.25) is 0 Å². The Morgan fingerprint density at radius 3 is 1.61 bits per heavy atom. The average Bonchev–Trinajstić information content (AvgIpc) is 3.04. The predicted octanol–water partition coefficient (Wildman–Crippen LogP) is 12.9. The first kappa shape index (κ1) is 38.3. The summed E-state index contributed by atoms with van der Waals surface area (Å²) in [6.07, 6.45) is 38.7. The molecule has 0 aliphatic heterocycles. The molecule has 0 fully saturated rings. The lowest BCUT2D eigenvalue weighted by atomic mass is 9.69. The summed E-state index contributed by atoms with van der Waals surface area (Å²) in [4.78, 5) is 11.5. The lowest BCUT2D eigenvalue weighted by Crippen LogP contribution is -2.40. The molecule has 1 aliphatic rings. The van der Waals surface area contributed by atoms with Gasteiger partial charge in [0.25, 0.3) is 0 Å². The number of aromatic carboxylic acids is 1. The molecule has 44 heavy (non-hydrogen) atoms. The summed E-state index contributed by atoms with van der Waals surface area (Å²) < 4.78 is 6.65. The number of carboxylic acids is 1. The fourth-order valence-electron chi connectivity index (χ4n) is 6.88. The summed E-state index contributed by atoms with van der Waals surface area (Å²) in [7, 11) is 0. The molecule has 0 amide bonds. The Morgan fingerprint density at radius 2 is 1.18 bits per heavy atom. The lowest BCUT2D eigenvalue weighted by molar-refractivity contribution is 0.00645. The van der Waals surface area contributed by atoms with Gasteiger partial charge in [0, 0.05) is 12.0 Å². The Morgan fingerprint density at radius 1 is 0.705 bits per heavy atom. The van der Waals surface area contributed by atoms with Crippen molar-refractivity contribution in [1.29, 1.82) is 0 Å². The number of allylic oxidation sites excluding steroid dienone is 3. The smallest absolute Gasteiger partial charge is 0.335 e. The number of rotatable bonds is 28. The molecule has 0 saturated heterocycles. The topological polar surface area (TPSA) is 46.5 Å². The molecule has 3 nitrogen and oxygen atoms in total. The van der Waals surface area contributed by atoms with Crippen molar-refractivity contribution in [1.82, 2.24) is 0 Å². The molecule has 1 unspecified atom stereocenters. The largest absolute Gasteiger partial charge is 0.478 e. The average molecular weight is 609 g/mol. The highest BCUT2D eigenvalue weighted by Crippen LogP contribution is 2.41. The third-order valence-electron chi connectivity index (χ3n) is 9.80. The quantitative estimate of drug-likeness (QED) is 0.0963. The molecule has 0 heterocycles. The van der Waals surface area contributed by atoms with Crippen LogP contribution in [0.25, 0.3) is 0 Å². The Kier molecular flexibility index (Phi) is 21.2. The van der Waals surface area contributed by atoms with E-state index in [0.717, 1.165) is 37.9 Å². The van der Waals surface area contributed by atoms with Gasteiger partial charge >= 0.3 is 5.97 Å². The summed E-state index contributed by atoms with van der Waals surface area (Å²) >= 11 is 0. The molecule has 0 bridgehead atoms. The van der Waals surface area contributed by atoms with Gasteiger partial charge in [-0.1, -0.05) is 179 Å². The molecule has 0 saturated carbocycles. The Bertz CT molecular complexity index is 914. The highest BCUT2D eigenvalue weighted by atomic mass is 16.5. The molecule has 2 atom stereocenters. The van der Waals surface area contributed by atoms with Crippen molar-refractivity contribution in [2.24, 2.45) is 0 Å².